The molecule has 0 aliphatic carbocycles. The van der Waals surface area contributed by atoms with Crippen LogP contribution in [-0.4, -0.2) is 20.7 Å². The molecule has 34 heavy (non-hydrogen) atoms. The van der Waals surface area contributed by atoms with E-state index in [1.807, 2.05) is 97.3 Å². The first-order chi connectivity index (χ1) is 16.5. The third-order valence-electron chi connectivity index (χ3n) is 5.31. The van der Waals surface area contributed by atoms with E-state index >= 15 is 0 Å². The van der Waals surface area contributed by atoms with Gasteiger partial charge < -0.3 is 9.88 Å². The zero-order valence-electron chi connectivity index (χ0n) is 19.0. The Morgan fingerprint density at radius 2 is 1.74 bits per heavy atom. The van der Waals surface area contributed by atoms with E-state index in [-0.39, 0.29) is 5.91 Å². The number of benzene rings is 3. The Labute approximate surface area is 209 Å². The van der Waals surface area contributed by atoms with E-state index < -0.39 is 5.25 Å². The van der Waals surface area contributed by atoms with E-state index in [9.17, 15) is 4.79 Å². The summed E-state index contributed by atoms with van der Waals surface area (Å²) in [6.45, 7) is 4.14. The summed E-state index contributed by atoms with van der Waals surface area (Å²) in [4.78, 5) is 17.9. The number of hydrogen-bond acceptors (Lipinski definition) is 3. The predicted molar refractivity (Wildman–Crippen MR) is 142 cm³/mol. The summed E-state index contributed by atoms with van der Waals surface area (Å²) in [6.07, 6.45) is 5.74. The van der Waals surface area contributed by atoms with Crippen molar-refractivity contribution in [3.8, 4) is 34.9 Å². The van der Waals surface area contributed by atoms with Gasteiger partial charge in [0.25, 0.3) is 0 Å². The van der Waals surface area contributed by atoms with Crippen LogP contribution in [0.15, 0.2) is 84.0 Å². The van der Waals surface area contributed by atoms with Crippen LogP contribution in [0.3, 0.4) is 0 Å². The Hall–Kier alpha value is -3.46. The van der Waals surface area contributed by atoms with Crippen LogP contribution in [-0.2, 0) is 11.3 Å². The maximum atomic E-state index is 13.0. The smallest absolute Gasteiger partial charge is 0.237 e. The summed E-state index contributed by atoms with van der Waals surface area (Å²) in [5, 5.41) is 3.70. The van der Waals surface area contributed by atoms with E-state index in [4.69, 9.17) is 23.0 Å². The van der Waals surface area contributed by atoms with Crippen molar-refractivity contribution in [1.29, 1.82) is 0 Å². The Bertz CT molecular complexity index is 1340. The molecule has 0 fully saturated rings. The van der Waals surface area contributed by atoms with E-state index in [0.29, 0.717) is 22.4 Å². The number of thioether (sulfide) groups is 1. The normalized spacial score (nSPS) is 11.6. The van der Waals surface area contributed by atoms with Gasteiger partial charge in [-0.3, -0.25) is 4.79 Å². The Morgan fingerprint density at radius 1 is 1.09 bits per heavy atom. The molecule has 0 bridgehead atoms. The lowest BCUT2D eigenvalue weighted by molar-refractivity contribution is -0.115. The molecule has 4 rings (SSSR count). The Morgan fingerprint density at radius 3 is 2.35 bits per heavy atom. The fraction of sp³-hybridized carbons (Fsp3) is 0.143. The minimum absolute atomic E-state index is 0.159. The first kappa shape index (κ1) is 23.7. The van der Waals surface area contributed by atoms with Gasteiger partial charge in [-0.25, -0.2) is 4.98 Å². The lowest BCUT2D eigenvalue weighted by Crippen LogP contribution is -2.23. The van der Waals surface area contributed by atoms with Crippen molar-refractivity contribution in [1.82, 2.24) is 9.55 Å². The van der Waals surface area contributed by atoms with E-state index in [2.05, 4.69) is 11.2 Å². The van der Waals surface area contributed by atoms with Gasteiger partial charge in [-0.1, -0.05) is 96.0 Å². The third-order valence-corrected chi connectivity index (χ3v) is 6.71. The minimum atomic E-state index is -0.427. The summed E-state index contributed by atoms with van der Waals surface area (Å²) < 4.78 is 2.00. The second kappa shape index (κ2) is 10.6. The summed E-state index contributed by atoms with van der Waals surface area (Å²) in [6, 6.07) is 25.6. The number of imidazole rings is 1. The molecule has 0 aliphatic heterocycles. The van der Waals surface area contributed by atoms with Crippen molar-refractivity contribution in [3.05, 3.63) is 89.4 Å². The van der Waals surface area contributed by atoms with Gasteiger partial charge in [0.05, 0.1) is 33.9 Å². The van der Waals surface area contributed by atoms with Crippen molar-refractivity contribution in [2.24, 2.45) is 0 Å². The minimum Gasteiger partial charge on any atom is -0.324 e. The largest absolute Gasteiger partial charge is 0.324 e. The third kappa shape index (κ3) is 5.20. The number of amides is 1. The van der Waals surface area contributed by atoms with Crippen LogP contribution in [0, 0.1) is 19.3 Å². The topological polar surface area (TPSA) is 46.9 Å². The number of nitrogens with zero attached hydrogens (tertiary/aromatic N) is 2. The SMILES string of the molecule is C#CCn1c(SC(C)C(=O)Nc2ccc(C)cc2Cl)nc(-c2ccccc2)c1-c1ccccc1. The lowest BCUT2D eigenvalue weighted by Gasteiger charge is -2.14. The van der Waals surface area contributed by atoms with Crippen LogP contribution in [0.5, 0.6) is 0 Å². The zero-order valence-corrected chi connectivity index (χ0v) is 20.5. The van der Waals surface area contributed by atoms with Gasteiger partial charge in [0, 0.05) is 11.1 Å². The summed E-state index contributed by atoms with van der Waals surface area (Å²) in [5.41, 5.74) is 5.39. The number of nitrogens with one attached hydrogen (secondary N) is 1. The molecule has 1 heterocycles. The second-order valence-electron chi connectivity index (χ2n) is 7.85. The molecule has 3 aromatic carbocycles. The first-order valence-electron chi connectivity index (χ1n) is 10.9. The number of aryl methyl sites for hydroxylation is 1. The molecule has 6 heteroatoms. The number of anilines is 1. The average Bonchev–Trinajstić information content (AvgIpc) is 3.20. The van der Waals surface area contributed by atoms with Crippen molar-refractivity contribution < 1.29 is 4.79 Å². The first-order valence-corrected chi connectivity index (χ1v) is 12.1. The van der Waals surface area contributed by atoms with E-state index in [1.165, 1.54) is 11.8 Å². The van der Waals surface area contributed by atoms with Crippen molar-refractivity contribution in [2.75, 3.05) is 5.32 Å². The highest BCUT2D eigenvalue weighted by Gasteiger charge is 2.24. The molecule has 170 valence electrons. The molecule has 0 radical (unpaired) electrons. The quantitative estimate of drug-likeness (QED) is 0.228. The number of carbonyl (C=O) groups is 1. The molecule has 1 amide bonds. The molecule has 1 atom stereocenters. The van der Waals surface area contributed by atoms with Gasteiger partial charge in [0.15, 0.2) is 5.16 Å². The number of halogens is 1. The molecular formula is C28H24ClN3OS. The molecule has 1 aromatic heterocycles. The van der Waals surface area contributed by atoms with Gasteiger partial charge in [-0.05, 0) is 31.5 Å². The average molecular weight is 486 g/mol. The molecule has 1 unspecified atom stereocenters. The Kier molecular flexibility index (Phi) is 7.42. The van der Waals surface area contributed by atoms with Crippen molar-refractivity contribution in [2.45, 2.75) is 30.8 Å². The van der Waals surface area contributed by atoms with Crippen molar-refractivity contribution in [3.63, 3.8) is 0 Å². The lowest BCUT2D eigenvalue weighted by atomic mass is 10.0. The molecule has 0 saturated carbocycles. The summed E-state index contributed by atoms with van der Waals surface area (Å²) >= 11 is 7.68. The highest BCUT2D eigenvalue weighted by molar-refractivity contribution is 8.00. The van der Waals surface area contributed by atoms with Gasteiger partial charge in [0.2, 0.25) is 5.91 Å². The second-order valence-corrected chi connectivity index (χ2v) is 9.56. The van der Waals surface area contributed by atoms with E-state index in [1.54, 1.807) is 0 Å². The highest BCUT2D eigenvalue weighted by Crippen LogP contribution is 2.37. The van der Waals surface area contributed by atoms with Gasteiger partial charge in [-0.15, -0.1) is 6.42 Å². The van der Waals surface area contributed by atoms with Gasteiger partial charge in [-0.2, -0.15) is 0 Å². The molecule has 0 aliphatic rings. The van der Waals surface area contributed by atoms with Crippen molar-refractivity contribution >= 4 is 35.0 Å². The monoisotopic (exact) mass is 485 g/mol. The van der Waals surface area contributed by atoms with Crippen LogP contribution in [0.2, 0.25) is 5.02 Å². The van der Waals surface area contributed by atoms with E-state index in [0.717, 1.165) is 28.1 Å². The van der Waals surface area contributed by atoms with Gasteiger partial charge in [0.1, 0.15) is 0 Å². The molecular weight excluding hydrogens is 462 g/mol. The molecule has 4 aromatic rings. The number of aromatic nitrogens is 2. The van der Waals surface area contributed by atoms with Crippen LogP contribution >= 0.6 is 23.4 Å². The standard InChI is InChI=1S/C28H24ClN3OS/c1-4-17-32-26(22-13-9-6-10-14-22)25(21-11-7-5-8-12-21)31-28(32)34-20(3)27(33)30-24-16-15-19(2)18-23(24)29/h1,5-16,18,20H,17H2,2-3H3,(H,30,33). The van der Waals surface area contributed by atoms with Crippen LogP contribution < -0.4 is 5.32 Å². The van der Waals surface area contributed by atoms with Crippen LogP contribution in [0.25, 0.3) is 22.5 Å². The number of carbonyl (C=O) groups excluding carboxylic acids is 1. The number of terminal acetylenes is 1. The maximum absolute atomic E-state index is 13.0. The fourth-order valence-corrected chi connectivity index (χ4v) is 4.81. The van der Waals surface area contributed by atoms with Crippen LogP contribution in [0.4, 0.5) is 5.69 Å². The molecule has 4 nitrogen and oxygen atoms in total. The molecule has 0 spiro atoms. The van der Waals surface area contributed by atoms with Gasteiger partial charge >= 0.3 is 0 Å². The highest BCUT2D eigenvalue weighted by atomic mass is 35.5. The molecule has 0 saturated heterocycles. The molecule has 1 N–H and O–H groups in total. The Balaban J connectivity index is 1.70. The summed E-state index contributed by atoms with van der Waals surface area (Å²) in [7, 11) is 0. The predicted octanol–water partition coefficient (Wildman–Crippen LogP) is 6.93. The fourth-order valence-electron chi connectivity index (χ4n) is 3.61. The summed E-state index contributed by atoms with van der Waals surface area (Å²) in [5.74, 6) is 2.59. The van der Waals surface area contributed by atoms with Crippen LogP contribution in [0.1, 0.15) is 12.5 Å². The number of hydrogen-bond donors (Lipinski definition) is 1. The number of rotatable bonds is 7. The maximum Gasteiger partial charge on any atom is 0.237 e. The zero-order chi connectivity index (χ0) is 24.1.